The predicted molar refractivity (Wildman–Crippen MR) is 45.4 cm³/mol. The predicted octanol–water partition coefficient (Wildman–Crippen LogP) is 1.03. The van der Waals surface area contributed by atoms with Crippen molar-refractivity contribution in [2.75, 3.05) is 7.11 Å². The van der Waals surface area contributed by atoms with Crippen molar-refractivity contribution in [2.24, 2.45) is 0 Å². The van der Waals surface area contributed by atoms with Gasteiger partial charge in [-0.05, 0) is 12.1 Å². The smallest absolute Gasteiger partial charge is 0.168 e. The zero-order valence-electron chi connectivity index (χ0n) is 6.98. The maximum absolute atomic E-state index is 10.4. The van der Waals surface area contributed by atoms with E-state index in [4.69, 9.17) is 4.74 Å². The molecule has 0 fully saturated rings. The molecule has 0 saturated carbocycles. The van der Waals surface area contributed by atoms with E-state index < -0.39 is 0 Å². The van der Waals surface area contributed by atoms with E-state index in [-0.39, 0.29) is 22.6 Å². The molecule has 0 heterocycles. The minimum Gasteiger partial charge on any atom is -0.504 e. The van der Waals surface area contributed by atoms with Crippen molar-refractivity contribution >= 4 is 12.6 Å². The summed E-state index contributed by atoms with van der Waals surface area (Å²) in [5.74, 6) is -0.130. The average Bonchev–Trinajstić information content (AvgIpc) is 2.18. The lowest BCUT2D eigenvalue weighted by atomic mass is 10.1. The lowest BCUT2D eigenvalue weighted by Gasteiger charge is -2.05. The number of aromatic hydroxyl groups is 1. The molecular formula is C9H8O4. The van der Waals surface area contributed by atoms with E-state index in [1.165, 1.54) is 19.2 Å². The summed E-state index contributed by atoms with van der Waals surface area (Å²) in [6, 6.07) is 2.65. The SMILES string of the molecule is COc1cc(C=O)cc(C=O)c1O. The molecule has 1 rings (SSSR count). The van der Waals surface area contributed by atoms with Crippen LogP contribution in [0.4, 0.5) is 0 Å². The van der Waals surface area contributed by atoms with Gasteiger partial charge in [0.05, 0.1) is 12.7 Å². The number of benzene rings is 1. The Bertz CT molecular complexity index is 344. The second-order valence-electron chi connectivity index (χ2n) is 2.40. The van der Waals surface area contributed by atoms with Gasteiger partial charge in [0.15, 0.2) is 17.8 Å². The van der Waals surface area contributed by atoms with Crippen molar-refractivity contribution in [2.45, 2.75) is 0 Å². The number of rotatable bonds is 3. The third-order valence-corrected chi connectivity index (χ3v) is 1.61. The molecule has 0 unspecified atom stereocenters. The summed E-state index contributed by atoms with van der Waals surface area (Å²) in [6.45, 7) is 0. The van der Waals surface area contributed by atoms with Crippen molar-refractivity contribution < 1.29 is 19.4 Å². The van der Waals surface area contributed by atoms with Gasteiger partial charge >= 0.3 is 0 Å². The fourth-order valence-electron chi connectivity index (χ4n) is 0.965. The van der Waals surface area contributed by atoms with Crippen LogP contribution in [-0.2, 0) is 0 Å². The first-order valence-corrected chi connectivity index (χ1v) is 3.54. The minimum absolute atomic E-state index is 0.0430. The first-order valence-electron chi connectivity index (χ1n) is 3.54. The molecule has 1 aromatic carbocycles. The van der Waals surface area contributed by atoms with Crippen LogP contribution in [-0.4, -0.2) is 24.8 Å². The second kappa shape index (κ2) is 3.71. The molecule has 0 aromatic heterocycles. The average molecular weight is 180 g/mol. The highest BCUT2D eigenvalue weighted by Crippen LogP contribution is 2.29. The van der Waals surface area contributed by atoms with Gasteiger partial charge in [-0.1, -0.05) is 0 Å². The van der Waals surface area contributed by atoms with Crippen molar-refractivity contribution in [3.63, 3.8) is 0 Å². The Morgan fingerprint density at radius 2 is 2.00 bits per heavy atom. The Morgan fingerprint density at radius 1 is 1.31 bits per heavy atom. The van der Waals surface area contributed by atoms with Gasteiger partial charge in [-0.2, -0.15) is 0 Å². The van der Waals surface area contributed by atoms with Crippen LogP contribution < -0.4 is 4.74 Å². The van der Waals surface area contributed by atoms with Gasteiger partial charge in [0.2, 0.25) is 0 Å². The molecule has 0 aliphatic heterocycles. The number of carbonyl (C=O) groups is 2. The fourth-order valence-corrected chi connectivity index (χ4v) is 0.965. The molecule has 0 bridgehead atoms. The van der Waals surface area contributed by atoms with E-state index in [0.29, 0.717) is 12.6 Å². The molecule has 4 heteroatoms. The Kier molecular flexibility index (Phi) is 2.64. The molecule has 68 valence electrons. The Labute approximate surface area is 74.8 Å². The fraction of sp³-hybridized carbons (Fsp3) is 0.111. The van der Waals surface area contributed by atoms with Crippen molar-refractivity contribution in [3.8, 4) is 11.5 Å². The van der Waals surface area contributed by atoms with Crippen LogP contribution in [0.5, 0.6) is 11.5 Å². The number of hydrogen-bond donors (Lipinski definition) is 1. The van der Waals surface area contributed by atoms with E-state index in [2.05, 4.69) is 0 Å². The van der Waals surface area contributed by atoms with Crippen LogP contribution in [0.25, 0.3) is 0 Å². The first kappa shape index (κ1) is 9.25. The molecule has 0 saturated heterocycles. The minimum atomic E-state index is -0.247. The van der Waals surface area contributed by atoms with Crippen molar-refractivity contribution in [1.29, 1.82) is 0 Å². The van der Waals surface area contributed by atoms with Gasteiger partial charge in [0.25, 0.3) is 0 Å². The summed E-state index contributed by atoms with van der Waals surface area (Å²) in [5.41, 5.74) is 0.332. The third-order valence-electron chi connectivity index (χ3n) is 1.61. The number of phenolic OH excluding ortho intramolecular Hbond substituents is 1. The Balaban J connectivity index is 3.36. The lowest BCUT2D eigenvalue weighted by Crippen LogP contribution is -1.91. The largest absolute Gasteiger partial charge is 0.504 e. The summed E-state index contributed by atoms with van der Waals surface area (Å²) >= 11 is 0. The van der Waals surface area contributed by atoms with Crippen LogP contribution in [0.15, 0.2) is 12.1 Å². The highest BCUT2D eigenvalue weighted by molar-refractivity contribution is 5.86. The van der Waals surface area contributed by atoms with Crippen LogP contribution in [0, 0.1) is 0 Å². The van der Waals surface area contributed by atoms with Gasteiger partial charge in [0.1, 0.15) is 6.29 Å². The van der Waals surface area contributed by atoms with Crippen molar-refractivity contribution in [1.82, 2.24) is 0 Å². The van der Waals surface area contributed by atoms with E-state index >= 15 is 0 Å². The highest BCUT2D eigenvalue weighted by Gasteiger charge is 2.08. The zero-order chi connectivity index (χ0) is 9.84. The summed E-state index contributed by atoms with van der Waals surface area (Å²) < 4.78 is 4.76. The van der Waals surface area contributed by atoms with Gasteiger partial charge in [0, 0.05) is 5.56 Å². The van der Waals surface area contributed by atoms with E-state index in [1.807, 2.05) is 0 Å². The summed E-state index contributed by atoms with van der Waals surface area (Å²) in [6.07, 6.45) is 1.04. The molecular weight excluding hydrogens is 172 g/mol. The highest BCUT2D eigenvalue weighted by atomic mass is 16.5. The van der Waals surface area contributed by atoms with Crippen molar-refractivity contribution in [3.05, 3.63) is 23.3 Å². The van der Waals surface area contributed by atoms with E-state index in [9.17, 15) is 14.7 Å². The molecule has 0 amide bonds. The Morgan fingerprint density at radius 3 is 2.46 bits per heavy atom. The standard InChI is InChI=1S/C9H8O4/c1-13-8-3-6(4-10)2-7(5-11)9(8)12/h2-5,12H,1H3. The number of ether oxygens (including phenoxy) is 1. The molecule has 0 atom stereocenters. The van der Waals surface area contributed by atoms with Crippen LogP contribution in [0.3, 0.4) is 0 Å². The molecule has 1 N–H and O–H groups in total. The summed E-state index contributed by atoms with van der Waals surface area (Å²) in [5, 5.41) is 9.34. The van der Waals surface area contributed by atoms with Crippen LogP contribution in [0.1, 0.15) is 20.7 Å². The first-order chi connectivity index (χ1) is 6.22. The molecule has 0 aliphatic carbocycles. The van der Waals surface area contributed by atoms with Gasteiger partial charge in [-0.25, -0.2) is 0 Å². The lowest BCUT2D eigenvalue weighted by molar-refractivity contribution is 0.112. The number of carbonyl (C=O) groups excluding carboxylic acids is 2. The zero-order valence-corrected chi connectivity index (χ0v) is 6.98. The molecule has 1 aromatic rings. The monoisotopic (exact) mass is 180 g/mol. The molecule has 13 heavy (non-hydrogen) atoms. The van der Waals surface area contributed by atoms with E-state index in [1.54, 1.807) is 0 Å². The van der Waals surface area contributed by atoms with Crippen LogP contribution >= 0.6 is 0 Å². The Hall–Kier alpha value is -1.84. The normalized spacial score (nSPS) is 9.31. The maximum Gasteiger partial charge on any atom is 0.168 e. The molecule has 4 nitrogen and oxygen atoms in total. The van der Waals surface area contributed by atoms with Gasteiger partial charge in [-0.3, -0.25) is 9.59 Å². The quantitative estimate of drug-likeness (QED) is 0.705. The van der Waals surface area contributed by atoms with E-state index in [0.717, 1.165) is 0 Å². The summed E-state index contributed by atoms with van der Waals surface area (Å²) in [4.78, 5) is 20.8. The molecule has 0 aliphatic rings. The maximum atomic E-state index is 10.4. The number of phenols is 1. The topological polar surface area (TPSA) is 63.6 Å². The van der Waals surface area contributed by atoms with Gasteiger partial charge < -0.3 is 9.84 Å². The second-order valence-corrected chi connectivity index (χ2v) is 2.40. The molecule has 0 spiro atoms. The third kappa shape index (κ3) is 1.66. The molecule has 0 radical (unpaired) electrons. The van der Waals surface area contributed by atoms with Gasteiger partial charge in [-0.15, -0.1) is 0 Å². The number of aldehydes is 2. The summed E-state index contributed by atoms with van der Waals surface area (Å²) in [7, 11) is 1.35. The number of methoxy groups -OCH3 is 1. The van der Waals surface area contributed by atoms with Crippen LogP contribution in [0.2, 0.25) is 0 Å². The number of hydrogen-bond acceptors (Lipinski definition) is 4.